The first-order valence-corrected chi connectivity index (χ1v) is 7.15. The topological polar surface area (TPSA) is 84.2 Å². The number of nitrogens with two attached hydrogens (primary N) is 1. The normalized spacial score (nSPS) is 10.2. The Kier molecular flexibility index (Phi) is 5.30. The molecule has 0 atom stereocenters. The van der Waals surface area contributed by atoms with Gasteiger partial charge in [-0.05, 0) is 48.7 Å². The van der Waals surface area contributed by atoms with Crippen LogP contribution in [-0.4, -0.2) is 18.4 Å². The molecule has 5 nitrogen and oxygen atoms in total. The third-order valence-corrected chi connectivity index (χ3v) is 3.27. The number of halogens is 1. The fraction of sp³-hybridized carbons (Fsp3) is 0.176. The van der Waals surface area contributed by atoms with E-state index in [4.69, 9.17) is 5.73 Å². The molecule has 0 spiro atoms. The summed E-state index contributed by atoms with van der Waals surface area (Å²) >= 11 is 0. The van der Waals surface area contributed by atoms with Crippen LogP contribution >= 0.6 is 0 Å². The summed E-state index contributed by atoms with van der Waals surface area (Å²) in [6.07, 6.45) is 0.506. The molecule has 0 aliphatic rings. The van der Waals surface area contributed by atoms with Gasteiger partial charge in [-0.1, -0.05) is 18.2 Å². The molecular weight excluding hydrogens is 297 g/mol. The van der Waals surface area contributed by atoms with Crippen molar-refractivity contribution in [1.82, 2.24) is 5.32 Å². The van der Waals surface area contributed by atoms with Gasteiger partial charge in [-0.2, -0.15) is 0 Å². The van der Waals surface area contributed by atoms with Crippen LogP contribution in [0.4, 0.5) is 15.8 Å². The summed E-state index contributed by atoms with van der Waals surface area (Å²) in [4.78, 5) is 23.6. The van der Waals surface area contributed by atoms with Crippen molar-refractivity contribution in [3.8, 4) is 0 Å². The first kappa shape index (κ1) is 16.5. The number of nitrogen functional groups attached to an aromatic ring is 1. The van der Waals surface area contributed by atoms with E-state index in [2.05, 4.69) is 10.6 Å². The maximum absolute atomic E-state index is 12.8. The van der Waals surface area contributed by atoms with Crippen molar-refractivity contribution in [3.63, 3.8) is 0 Å². The SMILES string of the molecule is Cc1ccc(NC(=O)C(=O)NCCc2ccc(F)cc2)c(N)c1. The Morgan fingerprint density at radius 3 is 2.43 bits per heavy atom. The summed E-state index contributed by atoms with van der Waals surface area (Å²) in [6.45, 7) is 2.16. The van der Waals surface area contributed by atoms with Crippen LogP contribution in [-0.2, 0) is 16.0 Å². The zero-order valence-electron chi connectivity index (χ0n) is 12.7. The number of rotatable bonds is 4. The number of anilines is 2. The van der Waals surface area contributed by atoms with Gasteiger partial charge in [0.25, 0.3) is 0 Å². The molecule has 0 bridgehead atoms. The summed E-state index contributed by atoms with van der Waals surface area (Å²) in [6, 6.07) is 11.1. The van der Waals surface area contributed by atoms with Crippen LogP contribution in [0.3, 0.4) is 0 Å². The smallest absolute Gasteiger partial charge is 0.313 e. The van der Waals surface area contributed by atoms with Gasteiger partial charge in [-0.3, -0.25) is 9.59 Å². The quantitative estimate of drug-likeness (QED) is 0.596. The summed E-state index contributed by atoms with van der Waals surface area (Å²) in [5.41, 5.74) is 8.41. The number of carbonyl (C=O) groups is 2. The predicted molar refractivity (Wildman–Crippen MR) is 87.3 cm³/mol. The molecule has 0 saturated heterocycles. The van der Waals surface area contributed by atoms with Crippen LogP contribution in [0.5, 0.6) is 0 Å². The fourth-order valence-corrected chi connectivity index (χ4v) is 2.03. The molecule has 0 unspecified atom stereocenters. The van der Waals surface area contributed by atoms with Gasteiger partial charge < -0.3 is 16.4 Å². The molecule has 6 heteroatoms. The Morgan fingerprint density at radius 1 is 1.09 bits per heavy atom. The van der Waals surface area contributed by atoms with Gasteiger partial charge in [0, 0.05) is 6.54 Å². The minimum absolute atomic E-state index is 0.279. The number of nitrogens with one attached hydrogen (secondary N) is 2. The summed E-state index contributed by atoms with van der Waals surface area (Å²) in [5.74, 6) is -1.83. The minimum Gasteiger partial charge on any atom is -0.397 e. The average Bonchev–Trinajstić information content (AvgIpc) is 2.51. The third-order valence-electron chi connectivity index (χ3n) is 3.27. The molecular formula is C17H18FN3O2. The van der Waals surface area contributed by atoms with E-state index >= 15 is 0 Å². The zero-order chi connectivity index (χ0) is 16.8. The van der Waals surface area contributed by atoms with Crippen molar-refractivity contribution >= 4 is 23.2 Å². The monoisotopic (exact) mass is 315 g/mol. The van der Waals surface area contributed by atoms with Crippen LogP contribution in [0.2, 0.25) is 0 Å². The maximum Gasteiger partial charge on any atom is 0.313 e. The lowest BCUT2D eigenvalue weighted by molar-refractivity contribution is -0.136. The second-order valence-electron chi connectivity index (χ2n) is 5.18. The Bertz CT molecular complexity index is 714. The van der Waals surface area contributed by atoms with Crippen molar-refractivity contribution in [1.29, 1.82) is 0 Å². The van der Waals surface area contributed by atoms with E-state index in [-0.39, 0.29) is 12.4 Å². The predicted octanol–water partition coefficient (Wildman–Crippen LogP) is 2.01. The summed E-state index contributed by atoms with van der Waals surface area (Å²) in [5, 5.41) is 4.98. The highest BCUT2D eigenvalue weighted by molar-refractivity contribution is 6.39. The van der Waals surface area contributed by atoms with Crippen LogP contribution in [0.1, 0.15) is 11.1 Å². The number of amides is 2. The molecule has 120 valence electrons. The first-order valence-electron chi connectivity index (χ1n) is 7.15. The molecule has 23 heavy (non-hydrogen) atoms. The van der Waals surface area contributed by atoms with Crippen molar-refractivity contribution in [2.75, 3.05) is 17.6 Å². The van der Waals surface area contributed by atoms with Gasteiger partial charge in [0.05, 0.1) is 11.4 Å². The highest BCUT2D eigenvalue weighted by Gasteiger charge is 2.14. The van der Waals surface area contributed by atoms with Crippen molar-refractivity contribution in [2.45, 2.75) is 13.3 Å². The lowest BCUT2D eigenvalue weighted by Crippen LogP contribution is -2.36. The second-order valence-corrected chi connectivity index (χ2v) is 5.18. The van der Waals surface area contributed by atoms with E-state index in [0.29, 0.717) is 17.8 Å². The third kappa shape index (κ3) is 4.81. The van der Waals surface area contributed by atoms with Crippen LogP contribution in [0, 0.1) is 12.7 Å². The maximum atomic E-state index is 12.8. The Hall–Kier alpha value is -2.89. The number of hydrogen-bond donors (Lipinski definition) is 3. The van der Waals surface area contributed by atoms with Gasteiger partial charge in [0.2, 0.25) is 0 Å². The van der Waals surface area contributed by atoms with Crippen LogP contribution in [0.15, 0.2) is 42.5 Å². The van der Waals surface area contributed by atoms with Gasteiger partial charge in [0.15, 0.2) is 0 Å². The fourth-order valence-electron chi connectivity index (χ4n) is 2.03. The number of hydrogen-bond acceptors (Lipinski definition) is 3. The molecule has 0 radical (unpaired) electrons. The molecule has 4 N–H and O–H groups in total. The molecule has 0 aliphatic carbocycles. The number of aryl methyl sites for hydroxylation is 1. The van der Waals surface area contributed by atoms with E-state index < -0.39 is 11.8 Å². The standard InChI is InChI=1S/C17H18FN3O2/c1-11-2-7-15(14(19)10-11)21-17(23)16(22)20-9-8-12-3-5-13(18)6-4-12/h2-7,10H,8-9,19H2,1H3,(H,20,22)(H,21,23). The highest BCUT2D eigenvalue weighted by Crippen LogP contribution is 2.19. The van der Waals surface area contributed by atoms with Crippen LogP contribution < -0.4 is 16.4 Å². The van der Waals surface area contributed by atoms with Gasteiger partial charge in [-0.15, -0.1) is 0 Å². The number of carbonyl (C=O) groups excluding carboxylic acids is 2. The lowest BCUT2D eigenvalue weighted by atomic mass is 10.1. The largest absolute Gasteiger partial charge is 0.397 e. The lowest BCUT2D eigenvalue weighted by Gasteiger charge is -2.09. The first-order chi connectivity index (χ1) is 11.0. The van der Waals surface area contributed by atoms with E-state index in [1.165, 1.54) is 12.1 Å². The molecule has 2 aromatic carbocycles. The number of benzene rings is 2. The van der Waals surface area contributed by atoms with Crippen LogP contribution in [0.25, 0.3) is 0 Å². The van der Waals surface area contributed by atoms with E-state index in [1.54, 1.807) is 30.3 Å². The molecule has 0 heterocycles. The molecule has 0 aromatic heterocycles. The second kappa shape index (κ2) is 7.40. The van der Waals surface area contributed by atoms with E-state index in [9.17, 15) is 14.0 Å². The molecule has 0 fully saturated rings. The Morgan fingerprint density at radius 2 is 1.78 bits per heavy atom. The van der Waals surface area contributed by atoms with E-state index in [1.807, 2.05) is 6.92 Å². The van der Waals surface area contributed by atoms with Gasteiger partial charge >= 0.3 is 11.8 Å². The van der Waals surface area contributed by atoms with E-state index in [0.717, 1.165) is 11.1 Å². The highest BCUT2D eigenvalue weighted by atomic mass is 19.1. The zero-order valence-corrected chi connectivity index (χ0v) is 12.7. The van der Waals surface area contributed by atoms with Crippen molar-refractivity contribution in [2.24, 2.45) is 0 Å². The molecule has 0 aliphatic heterocycles. The van der Waals surface area contributed by atoms with Crippen molar-refractivity contribution in [3.05, 3.63) is 59.4 Å². The Balaban J connectivity index is 1.83. The summed E-state index contributed by atoms with van der Waals surface area (Å²) in [7, 11) is 0. The average molecular weight is 315 g/mol. The molecule has 2 rings (SSSR count). The van der Waals surface area contributed by atoms with Gasteiger partial charge in [0.1, 0.15) is 5.82 Å². The molecule has 0 saturated carbocycles. The Labute approximate surface area is 133 Å². The minimum atomic E-state index is -0.778. The van der Waals surface area contributed by atoms with Crippen molar-refractivity contribution < 1.29 is 14.0 Å². The summed E-state index contributed by atoms with van der Waals surface area (Å²) < 4.78 is 12.8. The van der Waals surface area contributed by atoms with Gasteiger partial charge in [-0.25, -0.2) is 4.39 Å². The molecule has 2 amide bonds. The molecule has 2 aromatic rings.